The molecule has 1 N–H and O–H groups in total. The highest BCUT2D eigenvalue weighted by Crippen LogP contribution is 2.52. The third-order valence-electron chi connectivity index (χ3n) is 5.52. The highest BCUT2D eigenvalue weighted by atomic mass is 32.2. The van der Waals surface area contributed by atoms with Crippen molar-refractivity contribution >= 4 is 15.9 Å². The highest BCUT2D eigenvalue weighted by molar-refractivity contribution is 7.90. The van der Waals surface area contributed by atoms with E-state index in [1.165, 1.54) is 0 Å². The van der Waals surface area contributed by atoms with Crippen molar-refractivity contribution in [3.8, 4) is 0 Å². The van der Waals surface area contributed by atoms with Crippen LogP contribution in [0.1, 0.15) is 31.2 Å². The second-order valence-electron chi connectivity index (χ2n) is 7.41. The number of rotatable bonds is 4. The molecule has 3 aliphatic rings. The fourth-order valence-electron chi connectivity index (χ4n) is 3.98. The minimum atomic E-state index is -4.70. The first kappa shape index (κ1) is 19.3. The maximum absolute atomic E-state index is 13.0. The zero-order chi connectivity index (χ0) is 20.2. The molecular weight excluding hydrogens is 399 g/mol. The second-order valence-corrected chi connectivity index (χ2v) is 9.09. The maximum atomic E-state index is 13.0. The van der Waals surface area contributed by atoms with Crippen LogP contribution in [0.15, 0.2) is 39.4 Å². The zero-order valence-electron chi connectivity index (χ0n) is 14.6. The number of sulfonamides is 1. The Kier molecular flexibility index (Phi) is 4.49. The van der Waals surface area contributed by atoms with Gasteiger partial charge < -0.3 is 4.74 Å². The van der Waals surface area contributed by atoms with E-state index < -0.39 is 33.9 Å². The molecule has 0 aromatic heterocycles. The van der Waals surface area contributed by atoms with Gasteiger partial charge in [0.25, 0.3) is 15.9 Å². The van der Waals surface area contributed by atoms with E-state index in [4.69, 9.17) is 4.74 Å². The molecule has 1 aromatic rings. The number of hydrogen-bond donors (Lipinski definition) is 1. The molecular formula is C17H18F3N3O4S. The van der Waals surface area contributed by atoms with E-state index in [2.05, 4.69) is 10.2 Å². The Labute approximate surface area is 159 Å². The van der Waals surface area contributed by atoms with Crippen LogP contribution >= 0.6 is 0 Å². The molecule has 28 heavy (non-hydrogen) atoms. The fraction of sp³-hybridized carbons (Fsp3) is 0.588. The molecule has 1 saturated carbocycles. The van der Waals surface area contributed by atoms with Gasteiger partial charge in [-0.2, -0.15) is 13.2 Å². The first-order valence-corrected chi connectivity index (χ1v) is 10.4. The third-order valence-corrected chi connectivity index (χ3v) is 6.88. The van der Waals surface area contributed by atoms with Gasteiger partial charge in [-0.3, -0.25) is 4.79 Å². The van der Waals surface area contributed by atoms with Gasteiger partial charge in [0.1, 0.15) is 6.10 Å². The summed E-state index contributed by atoms with van der Waals surface area (Å²) < 4.78 is 71.6. The van der Waals surface area contributed by atoms with Crippen molar-refractivity contribution in [2.24, 2.45) is 22.1 Å². The van der Waals surface area contributed by atoms with Crippen LogP contribution in [-0.2, 0) is 25.2 Å². The van der Waals surface area contributed by atoms with Gasteiger partial charge in [0.15, 0.2) is 0 Å². The SMILES string of the molecule is O=C(NS(=O)(=O)c1ccc(C2(C(F)(F)F)N=N2)cc1)[C@@H]1OC[C@@H]2CCC[C@H]1C2. The molecule has 152 valence electrons. The first-order valence-electron chi connectivity index (χ1n) is 8.92. The van der Waals surface area contributed by atoms with E-state index in [1.807, 2.05) is 4.72 Å². The molecule has 4 rings (SSSR count). The lowest BCUT2D eigenvalue weighted by molar-refractivity contribution is -0.166. The number of hydrogen-bond acceptors (Lipinski definition) is 6. The van der Waals surface area contributed by atoms with Crippen molar-refractivity contribution in [1.29, 1.82) is 0 Å². The summed E-state index contributed by atoms with van der Waals surface area (Å²) in [6.07, 6.45) is -1.86. The third kappa shape index (κ3) is 3.30. The Hall–Kier alpha value is -2.01. The van der Waals surface area contributed by atoms with Crippen molar-refractivity contribution in [3.05, 3.63) is 29.8 Å². The van der Waals surface area contributed by atoms with Crippen LogP contribution in [0.3, 0.4) is 0 Å². The second kappa shape index (κ2) is 6.51. The number of amides is 1. The Morgan fingerprint density at radius 2 is 1.86 bits per heavy atom. The van der Waals surface area contributed by atoms with Crippen LogP contribution in [0.4, 0.5) is 13.2 Å². The molecule has 1 aromatic carbocycles. The molecule has 0 unspecified atom stereocenters. The molecule has 3 atom stereocenters. The molecule has 1 saturated heterocycles. The summed E-state index contributed by atoms with van der Waals surface area (Å²) in [6, 6.07) is 3.99. The van der Waals surface area contributed by atoms with Crippen LogP contribution < -0.4 is 4.72 Å². The number of benzene rings is 1. The Morgan fingerprint density at radius 1 is 1.18 bits per heavy atom. The predicted molar refractivity (Wildman–Crippen MR) is 89.5 cm³/mol. The summed E-state index contributed by atoms with van der Waals surface area (Å²) in [5.74, 6) is -0.352. The van der Waals surface area contributed by atoms with Crippen molar-refractivity contribution in [1.82, 2.24) is 4.72 Å². The van der Waals surface area contributed by atoms with E-state index in [-0.39, 0.29) is 16.4 Å². The van der Waals surface area contributed by atoms with Crippen molar-refractivity contribution in [2.45, 2.75) is 48.5 Å². The Balaban J connectivity index is 1.47. The summed E-state index contributed by atoms with van der Waals surface area (Å²) in [5.41, 5.74) is -2.90. The number of alkyl halides is 3. The first-order chi connectivity index (χ1) is 13.1. The Bertz CT molecular complexity index is 909. The van der Waals surface area contributed by atoms with Crippen molar-refractivity contribution in [2.75, 3.05) is 6.61 Å². The quantitative estimate of drug-likeness (QED) is 0.815. The van der Waals surface area contributed by atoms with Gasteiger partial charge >= 0.3 is 11.8 Å². The minimum Gasteiger partial charge on any atom is -0.368 e. The fourth-order valence-corrected chi connectivity index (χ4v) is 4.98. The monoisotopic (exact) mass is 417 g/mol. The summed E-state index contributed by atoms with van der Waals surface area (Å²) in [5, 5.41) is 6.14. The number of halogens is 3. The molecule has 1 amide bonds. The lowest BCUT2D eigenvalue weighted by Crippen LogP contribution is -2.48. The summed E-state index contributed by atoms with van der Waals surface area (Å²) in [6.45, 7) is 0.426. The average Bonchev–Trinajstić information content (AvgIpc) is 3.43. The van der Waals surface area contributed by atoms with Crippen LogP contribution in [0.5, 0.6) is 0 Å². The van der Waals surface area contributed by atoms with Crippen molar-refractivity contribution < 1.29 is 31.1 Å². The smallest absolute Gasteiger partial charge is 0.368 e. The molecule has 7 nitrogen and oxygen atoms in total. The lowest BCUT2D eigenvalue weighted by Gasteiger charge is -2.39. The standard InChI is InChI=1S/C17H18F3N3O4S/c18-17(19,20)16(22-23-16)12-4-6-13(7-5-12)28(25,26)21-15(24)14-11-3-1-2-10(8-11)9-27-14/h4-7,10-11,14H,1-3,8-9H2,(H,21,24)/t10-,11+,14-/m1/s1. The van der Waals surface area contributed by atoms with E-state index in [9.17, 15) is 26.4 Å². The molecule has 2 bridgehead atoms. The number of ether oxygens (including phenoxy) is 1. The molecule has 0 radical (unpaired) electrons. The predicted octanol–water partition coefficient (Wildman–Crippen LogP) is 2.88. The number of nitrogens with one attached hydrogen (secondary N) is 1. The summed E-state index contributed by atoms with van der Waals surface area (Å²) >= 11 is 0. The van der Waals surface area contributed by atoms with E-state index in [0.717, 1.165) is 49.9 Å². The van der Waals surface area contributed by atoms with Crippen LogP contribution in [0, 0.1) is 11.8 Å². The Morgan fingerprint density at radius 3 is 2.46 bits per heavy atom. The zero-order valence-corrected chi connectivity index (χ0v) is 15.5. The highest BCUT2D eigenvalue weighted by Gasteiger charge is 2.65. The average molecular weight is 417 g/mol. The van der Waals surface area contributed by atoms with Gasteiger partial charge in [-0.25, -0.2) is 13.1 Å². The van der Waals surface area contributed by atoms with E-state index in [0.29, 0.717) is 12.5 Å². The molecule has 11 heteroatoms. The molecule has 2 aliphatic heterocycles. The van der Waals surface area contributed by atoms with Crippen molar-refractivity contribution in [3.63, 3.8) is 0 Å². The number of carbonyl (C=O) groups is 1. The summed E-state index contributed by atoms with van der Waals surface area (Å²) in [7, 11) is -4.24. The largest absolute Gasteiger partial charge is 0.442 e. The van der Waals surface area contributed by atoms with Gasteiger partial charge in [0.05, 0.1) is 11.5 Å². The number of nitrogens with zero attached hydrogens (tertiary/aromatic N) is 2. The number of fused-ring (bicyclic) bond motifs is 2. The molecule has 0 spiro atoms. The molecule has 2 heterocycles. The van der Waals surface area contributed by atoms with Crippen LogP contribution in [-0.4, -0.2) is 33.2 Å². The van der Waals surface area contributed by atoms with Gasteiger partial charge in [0.2, 0.25) is 0 Å². The normalized spacial score (nSPS) is 28.6. The van der Waals surface area contributed by atoms with Gasteiger partial charge in [0, 0.05) is 5.56 Å². The van der Waals surface area contributed by atoms with Gasteiger partial charge in [-0.1, -0.05) is 18.6 Å². The van der Waals surface area contributed by atoms with Gasteiger partial charge in [-0.15, -0.1) is 10.2 Å². The lowest BCUT2D eigenvalue weighted by atomic mass is 9.77. The van der Waals surface area contributed by atoms with E-state index in [1.54, 1.807) is 0 Å². The summed E-state index contributed by atoms with van der Waals surface area (Å²) in [4.78, 5) is 12.1. The van der Waals surface area contributed by atoms with Crippen LogP contribution in [0.25, 0.3) is 0 Å². The van der Waals surface area contributed by atoms with Crippen LogP contribution in [0.2, 0.25) is 0 Å². The van der Waals surface area contributed by atoms with E-state index >= 15 is 0 Å². The maximum Gasteiger partial charge on any atom is 0.442 e. The number of carbonyl (C=O) groups excluding carboxylic acids is 1. The topological polar surface area (TPSA) is 97.2 Å². The minimum absolute atomic E-state index is 0.0187. The molecule has 2 fully saturated rings. The molecule has 1 aliphatic carbocycles. The van der Waals surface area contributed by atoms with Gasteiger partial charge in [-0.05, 0) is 43.2 Å².